The highest BCUT2D eigenvalue weighted by atomic mass is 35.5. The summed E-state index contributed by atoms with van der Waals surface area (Å²) in [5.74, 6) is 1.81. The number of H-pyrrole nitrogens is 1. The Morgan fingerprint density at radius 1 is 1.05 bits per heavy atom. The van der Waals surface area contributed by atoms with Crippen LogP contribution in [0.4, 0.5) is 0 Å². The van der Waals surface area contributed by atoms with Crippen molar-refractivity contribution >= 4 is 40.2 Å². The molecule has 5 rings (SSSR count). The van der Waals surface area contributed by atoms with E-state index in [-0.39, 0.29) is 11.1 Å². The second kappa shape index (κ2) is 12.0. The van der Waals surface area contributed by atoms with Gasteiger partial charge in [-0.1, -0.05) is 29.8 Å². The Kier molecular flexibility index (Phi) is 8.46. The predicted octanol–water partition coefficient (Wildman–Crippen LogP) is 3.23. The molecule has 2 aromatic carbocycles. The molecule has 1 aromatic heterocycles. The third-order valence-corrected chi connectivity index (χ3v) is 8.10. The first kappa shape index (κ1) is 26.2. The predicted molar refractivity (Wildman–Crippen MR) is 148 cm³/mol. The number of carbonyl (C=O) groups is 1. The highest BCUT2D eigenvalue weighted by Crippen LogP contribution is 2.22. The van der Waals surface area contributed by atoms with E-state index < -0.39 is 5.91 Å². The molecule has 2 aliphatic rings. The van der Waals surface area contributed by atoms with Crippen molar-refractivity contribution in [2.45, 2.75) is 19.6 Å². The Labute approximate surface area is 225 Å². The number of rotatable bonds is 7. The average molecular weight is 542 g/mol. The molecule has 2 fully saturated rings. The van der Waals surface area contributed by atoms with Gasteiger partial charge in [-0.25, -0.2) is 0 Å². The normalized spacial score (nSPS) is 17.2. The van der Waals surface area contributed by atoms with Crippen molar-refractivity contribution < 1.29 is 9.53 Å². The third kappa shape index (κ3) is 6.35. The molecule has 0 aliphatic carbocycles. The fourth-order valence-electron chi connectivity index (χ4n) is 4.86. The molecule has 0 radical (unpaired) electrons. The lowest BCUT2D eigenvalue weighted by molar-refractivity contribution is 0.0342. The standard InChI is InChI=1S/C27H32ClN5O3S/c1-31(16-19-2-4-22(28)5-3-19)27(35)25-26(34)23-15-20(17-32-6-10-36-11-7-32)14-21(24(23)29-30-25)18-33-8-12-37-13-9-33/h2-5,14-15H,6-13,16-18H2,1H3,(H,29,34). The van der Waals surface area contributed by atoms with E-state index in [1.807, 2.05) is 30.0 Å². The lowest BCUT2D eigenvalue weighted by atomic mass is 10.0. The summed E-state index contributed by atoms with van der Waals surface area (Å²) < 4.78 is 5.50. The molecule has 37 heavy (non-hydrogen) atoms. The minimum Gasteiger partial charge on any atom is -0.379 e. The van der Waals surface area contributed by atoms with Crippen LogP contribution in [-0.2, 0) is 24.4 Å². The molecule has 196 valence electrons. The van der Waals surface area contributed by atoms with Crippen LogP contribution in [0.1, 0.15) is 27.2 Å². The number of fused-ring (bicyclic) bond motifs is 1. The van der Waals surface area contributed by atoms with Gasteiger partial charge in [0.2, 0.25) is 5.43 Å². The maximum atomic E-state index is 13.7. The fourth-order valence-corrected chi connectivity index (χ4v) is 5.97. The molecule has 10 heteroatoms. The number of hydrogen-bond donors (Lipinski definition) is 1. The van der Waals surface area contributed by atoms with Crippen LogP contribution < -0.4 is 5.43 Å². The Hall–Kier alpha value is -2.43. The van der Waals surface area contributed by atoms with Crippen LogP contribution in [0.2, 0.25) is 5.02 Å². The van der Waals surface area contributed by atoms with Crippen LogP contribution in [0, 0.1) is 0 Å². The number of halogens is 1. The molecule has 1 amide bonds. The van der Waals surface area contributed by atoms with Crippen molar-refractivity contribution in [2.75, 3.05) is 57.9 Å². The summed E-state index contributed by atoms with van der Waals surface area (Å²) in [4.78, 5) is 33.2. The number of nitrogens with one attached hydrogen (secondary N) is 1. The van der Waals surface area contributed by atoms with Gasteiger partial charge in [0.1, 0.15) is 0 Å². The van der Waals surface area contributed by atoms with Gasteiger partial charge in [0.05, 0.1) is 24.1 Å². The number of morpholine rings is 1. The van der Waals surface area contributed by atoms with Crippen LogP contribution in [-0.4, -0.2) is 88.8 Å². The molecule has 2 aliphatic heterocycles. The molecule has 0 unspecified atom stereocenters. The maximum absolute atomic E-state index is 13.7. The molecule has 2 saturated heterocycles. The van der Waals surface area contributed by atoms with Crippen LogP contribution >= 0.6 is 23.4 Å². The molecule has 8 nitrogen and oxygen atoms in total. The molecule has 0 spiro atoms. The summed E-state index contributed by atoms with van der Waals surface area (Å²) in [5.41, 5.74) is 3.33. The van der Waals surface area contributed by atoms with E-state index in [0.717, 1.165) is 80.7 Å². The van der Waals surface area contributed by atoms with Crippen LogP contribution in [0.15, 0.2) is 41.2 Å². The molecule has 3 heterocycles. The zero-order valence-electron chi connectivity index (χ0n) is 21.0. The number of aromatic nitrogens is 2. The van der Waals surface area contributed by atoms with E-state index in [4.69, 9.17) is 16.3 Å². The van der Waals surface area contributed by atoms with Gasteiger partial charge in [0.25, 0.3) is 5.91 Å². The SMILES string of the molecule is CN(Cc1ccc(Cl)cc1)C(=O)c1n[nH]c2c(CN3CCSCC3)cc(CN3CCOCC3)cc2c1=O. The second-order valence-electron chi connectivity index (χ2n) is 9.64. The van der Waals surface area contributed by atoms with E-state index in [9.17, 15) is 9.59 Å². The first-order valence-corrected chi connectivity index (χ1v) is 14.2. The molecular formula is C27H32ClN5O3S. The summed E-state index contributed by atoms with van der Waals surface area (Å²) >= 11 is 7.95. The zero-order valence-corrected chi connectivity index (χ0v) is 22.6. The first-order chi connectivity index (χ1) is 18.0. The maximum Gasteiger partial charge on any atom is 0.278 e. The fraction of sp³-hybridized carbons (Fsp3) is 0.444. The summed E-state index contributed by atoms with van der Waals surface area (Å²) in [6.45, 7) is 7.03. The first-order valence-electron chi connectivity index (χ1n) is 12.6. The van der Waals surface area contributed by atoms with Gasteiger partial charge in [-0.15, -0.1) is 0 Å². The highest BCUT2D eigenvalue weighted by molar-refractivity contribution is 7.99. The van der Waals surface area contributed by atoms with Crippen molar-refractivity contribution in [3.05, 3.63) is 74.0 Å². The van der Waals surface area contributed by atoms with Crippen molar-refractivity contribution in [1.29, 1.82) is 0 Å². The second-order valence-corrected chi connectivity index (χ2v) is 11.3. The lowest BCUT2D eigenvalue weighted by Gasteiger charge is -2.28. The van der Waals surface area contributed by atoms with Crippen LogP contribution in [0.3, 0.4) is 0 Å². The largest absolute Gasteiger partial charge is 0.379 e. The van der Waals surface area contributed by atoms with Crippen LogP contribution in [0.5, 0.6) is 0 Å². The van der Waals surface area contributed by atoms with Crippen molar-refractivity contribution in [1.82, 2.24) is 24.9 Å². The van der Waals surface area contributed by atoms with Crippen LogP contribution in [0.25, 0.3) is 10.9 Å². The van der Waals surface area contributed by atoms with Gasteiger partial charge in [0.15, 0.2) is 5.69 Å². The number of aromatic amines is 1. The molecule has 0 atom stereocenters. The Bertz CT molecular complexity index is 1300. The lowest BCUT2D eigenvalue weighted by Crippen LogP contribution is -2.36. The molecular weight excluding hydrogens is 510 g/mol. The third-order valence-electron chi connectivity index (χ3n) is 6.91. The summed E-state index contributed by atoms with van der Waals surface area (Å²) in [6.07, 6.45) is 0. The van der Waals surface area contributed by atoms with Gasteiger partial charge >= 0.3 is 0 Å². The van der Waals surface area contributed by atoms with E-state index >= 15 is 0 Å². The zero-order chi connectivity index (χ0) is 25.8. The molecule has 0 saturated carbocycles. The van der Waals surface area contributed by atoms with Crippen molar-refractivity contribution in [2.24, 2.45) is 0 Å². The van der Waals surface area contributed by atoms with Gasteiger partial charge in [-0.05, 0) is 34.9 Å². The monoisotopic (exact) mass is 541 g/mol. The van der Waals surface area contributed by atoms with Gasteiger partial charge in [-0.3, -0.25) is 24.5 Å². The van der Waals surface area contributed by atoms with Gasteiger partial charge in [-0.2, -0.15) is 16.9 Å². The number of amides is 1. The Morgan fingerprint density at radius 2 is 1.76 bits per heavy atom. The number of thioether (sulfide) groups is 1. The number of hydrogen-bond acceptors (Lipinski definition) is 7. The number of carbonyl (C=O) groups excluding carboxylic acids is 1. The minimum absolute atomic E-state index is 0.0900. The number of nitrogens with zero attached hydrogens (tertiary/aromatic N) is 4. The minimum atomic E-state index is -0.411. The smallest absolute Gasteiger partial charge is 0.278 e. The summed E-state index contributed by atoms with van der Waals surface area (Å²) in [5, 5.41) is 8.51. The van der Waals surface area contributed by atoms with Gasteiger partial charge in [0, 0.05) is 69.4 Å². The quantitative estimate of drug-likeness (QED) is 0.492. The molecule has 0 bridgehead atoms. The number of benzene rings is 2. The Morgan fingerprint density at radius 3 is 2.49 bits per heavy atom. The Balaban J connectivity index is 1.47. The summed E-state index contributed by atoms with van der Waals surface area (Å²) in [6, 6.07) is 11.4. The van der Waals surface area contributed by atoms with E-state index in [2.05, 4.69) is 26.1 Å². The topological polar surface area (TPSA) is 81.8 Å². The van der Waals surface area contributed by atoms with Gasteiger partial charge < -0.3 is 9.64 Å². The van der Waals surface area contributed by atoms with E-state index in [1.165, 1.54) is 4.90 Å². The van der Waals surface area contributed by atoms with E-state index in [0.29, 0.717) is 22.5 Å². The van der Waals surface area contributed by atoms with Crippen molar-refractivity contribution in [3.63, 3.8) is 0 Å². The van der Waals surface area contributed by atoms with Crippen molar-refractivity contribution in [3.8, 4) is 0 Å². The summed E-state index contributed by atoms with van der Waals surface area (Å²) in [7, 11) is 1.68. The number of ether oxygens (including phenoxy) is 1. The molecule has 1 N–H and O–H groups in total. The highest BCUT2D eigenvalue weighted by Gasteiger charge is 2.22. The molecule has 3 aromatic rings. The average Bonchev–Trinajstić information content (AvgIpc) is 2.91. The van der Waals surface area contributed by atoms with E-state index in [1.54, 1.807) is 19.2 Å².